The van der Waals surface area contributed by atoms with Crippen LogP contribution in [-0.4, -0.2) is 26.4 Å². The van der Waals surface area contributed by atoms with Gasteiger partial charge in [-0.25, -0.2) is 0 Å². The van der Waals surface area contributed by atoms with Crippen molar-refractivity contribution >= 4 is 0 Å². The fraction of sp³-hybridized carbons (Fsp3) is 1.00. The fourth-order valence-electron chi connectivity index (χ4n) is 1.34. The highest BCUT2D eigenvalue weighted by Crippen LogP contribution is 2.10. The first-order valence-corrected chi connectivity index (χ1v) is 5.17. The van der Waals surface area contributed by atoms with Crippen LogP contribution in [0.15, 0.2) is 0 Å². The molecule has 2 unspecified atom stereocenters. The van der Waals surface area contributed by atoms with E-state index in [4.69, 9.17) is 10.5 Å². The van der Waals surface area contributed by atoms with E-state index in [1.54, 1.807) is 7.11 Å². The molecule has 0 radical (unpaired) electrons. The van der Waals surface area contributed by atoms with E-state index < -0.39 is 0 Å². The maximum Gasteiger partial charge on any atom is 0.0961 e. The van der Waals surface area contributed by atoms with E-state index in [2.05, 4.69) is 19.2 Å². The van der Waals surface area contributed by atoms with Crippen molar-refractivity contribution in [1.82, 2.24) is 5.32 Å². The highest BCUT2D eigenvalue weighted by Gasteiger charge is 2.09. The summed E-state index contributed by atoms with van der Waals surface area (Å²) in [5.41, 5.74) is 5.91. The minimum Gasteiger partial charge on any atom is -0.370 e. The molecule has 0 aromatic carbocycles. The van der Waals surface area contributed by atoms with Gasteiger partial charge in [-0.1, -0.05) is 13.8 Å². The van der Waals surface area contributed by atoms with Gasteiger partial charge in [-0.15, -0.1) is 0 Å². The van der Waals surface area contributed by atoms with Gasteiger partial charge in [0, 0.05) is 13.2 Å². The van der Waals surface area contributed by atoms with Crippen LogP contribution in [0.1, 0.15) is 33.1 Å². The number of nitrogens with two attached hydrogens (primary N) is 1. The van der Waals surface area contributed by atoms with Crippen molar-refractivity contribution in [3.63, 3.8) is 0 Å². The number of methoxy groups -OCH3 is 1. The molecule has 0 rings (SSSR count). The molecule has 80 valence electrons. The molecule has 0 aromatic heterocycles. The molecule has 0 aliphatic heterocycles. The summed E-state index contributed by atoms with van der Waals surface area (Å²) in [4.78, 5) is 0. The van der Waals surface area contributed by atoms with E-state index in [9.17, 15) is 0 Å². The maximum atomic E-state index is 5.91. The van der Waals surface area contributed by atoms with Gasteiger partial charge in [0.2, 0.25) is 0 Å². The summed E-state index contributed by atoms with van der Waals surface area (Å²) in [6.07, 6.45) is 3.45. The molecule has 0 bridgehead atoms. The monoisotopic (exact) mass is 188 g/mol. The number of ether oxygens (including phenoxy) is 1. The molecule has 0 saturated carbocycles. The summed E-state index contributed by atoms with van der Waals surface area (Å²) < 4.78 is 4.88. The Morgan fingerprint density at radius 2 is 2.15 bits per heavy atom. The molecular formula is C10H24N2O. The zero-order valence-corrected chi connectivity index (χ0v) is 9.18. The Balaban J connectivity index is 3.21. The molecule has 0 amide bonds. The van der Waals surface area contributed by atoms with Crippen LogP contribution >= 0.6 is 0 Å². The van der Waals surface area contributed by atoms with Crippen molar-refractivity contribution in [3.05, 3.63) is 0 Å². The quantitative estimate of drug-likeness (QED) is 0.446. The lowest BCUT2D eigenvalue weighted by molar-refractivity contribution is 0.174. The largest absolute Gasteiger partial charge is 0.370 e. The maximum absolute atomic E-state index is 5.91. The lowest BCUT2D eigenvalue weighted by Crippen LogP contribution is -2.28. The average Bonchev–Trinajstić information content (AvgIpc) is 2.16. The molecule has 0 saturated heterocycles. The van der Waals surface area contributed by atoms with E-state index in [1.165, 1.54) is 12.8 Å². The lowest BCUT2D eigenvalue weighted by Gasteiger charge is -2.17. The fourth-order valence-corrected chi connectivity index (χ4v) is 1.34. The molecule has 0 aromatic rings. The molecule has 0 fully saturated rings. The van der Waals surface area contributed by atoms with E-state index in [0.29, 0.717) is 18.7 Å². The Bertz CT molecular complexity index is 109. The number of nitrogens with one attached hydrogen (secondary N) is 1. The van der Waals surface area contributed by atoms with Crippen LogP contribution in [0.3, 0.4) is 0 Å². The summed E-state index contributed by atoms with van der Waals surface area (Å²) >= 11 is 0. The molecule has 3 nitrogen and oxygen atoms in total. The lowest BCUT2D eigenvalue weighted by atomic mass is 9.95. The van der Waals surface area contributed by atoms with Crippen LogP contribution in [0.25, 0.3) is 0 Å². The second-order valence-electron chi connectivity index (χ2n) is 3.62. The summed E-state index contributed by atoms with van der Waals surface area (Å²) in [6.45, 7) is 6.04. The molecular weight excluding hydrogens is 164 g/mol. The van der Waals surface area contributed by atoms with Crippen LogP contribution in [0.4, 0.5) is 0 Å². The van der Waals surface area contributed by atoms with Crippen LogP contribution in [0.2, 0.25) is 0 Å². The van der Waals surface area contributed by atoms with Crippen molar-refractivity contribution in [2.24, 2.45) is 11.7 Å². The smallest absolute Gasteiger partial charge is 0.0961 e. The molecule has 0 spiro atoms. The first-order chi connectivity index (χ1) is 6.22. The average molecular weight is 188 g/mol. The zero-order valence-electron chi connectivity index (χ0n) is 9.18. The van der Waals surface area contributed by atoms with Gasteiger partial charge in [0.25, 0.3) is 0 Å². The first-order valence-electron chi connectivity index (χ1n) is 5.17. The molecule has 0 aliphatic carbocycles. The van der Waals surface area contributed by atoms with Crippen molar-refractivity contribution in [1.29, 1.82) is 0 Å². The van der Waals surface area contributed by atoms with Gasteiger partial charge in [0.1, 0.15) is 0 Å². The van der Waals surface area contributed by atoms with Crippen LogP contribution < -0.4 is 11.1 Å². The third-order valence-corrected chi connectivity index (χ3v) is 2.46. The van der Waals surface area contributed by atoms with Gasteiger partial charge in [-0.2, -0.15) is 0 Å². The van der Waals surface area contributed by atoms with Gasteiger partial charge in [-0.05, 0) is 31.7 Å². The molecule has 2 atom stereocenters. The van der Waals surface area contributed by atoms with Gasteiger partial charge >= 0.3 is 0 Å². The van der Waals surface area contributed by atoms with E-state index in [1.807, 2.05) is 0 Å². The molecule has 3 N–H and O–H groups in total. The van der Waals surface area contributed by atoms with Crippen molar-refractivity contribution in [3.8, 4) is 0 Å². The summed E-state index contributed by atoms with van der Waals surface area (Å²) in [6, 6.07) is 0.363. The minimum absolute atomic E-state index is 0.363. The van der Waals surface area contributed by atoms with Crippen molar-refractivity contribution in [2.45, 2.75) is 39.2 Å². The minimum atomic E-state index is 0.363. The normalized spacial score (nSPS) is 15.7. The van der Waals surface area contributed by atoms with Crippen molar-refractivity contribution in [2.75, 3.05) is 20.4 Å². The molecule has 0 heterocycles. The number of hydrogen-bond acceptors (Lipinski definition) is 3. The topological polar surface area (TPSA) is 47.3 Å². The molecule has 3 heteroatoms. The van der Waals surface area contributed by atoms with Crippen LogP contribution in [-0.2, 0) is 4.74 Å². The number of hydrogen-bond donors (Lipinski definition) is 2. The van der Waals surface area contributed by atoms with E-state index in [0.717, 1.165) is 13.0 Å². The highest BCUT2D eigenvalue weighted by atomic mass is 16.5. The van der Waals surface area contributed by atoms with Gasteiger partial charge < -0.3 is 10.5 Å². The molecule has 13 heavy (non-hydrogen) atoms. The van der Waals surface area contributed by atoms with Gasteiger partial charge in [0.15, 0.2) is 0 Å². The standard InChI is InChI=1S/C10H24N2O/c1-4-10(11)9(2)6-5-7-12-8-13-3/h9-10,12H,4-8,11H2,1-3H3. The Kier molecular flexibility index (Phi) is 8.40. The van der Waals surface area contributed by atoms with Crippen LogP contribution in [0.5, 0.6) is 0 Å². The van der Waals surface area contributed by atoms with E-state index in [-0.39, 0.29) is 0 Å². The zero-order chi connectivity index (χ0) is 10.1. The van der Waals surface area contributed by atoms with Crippen LogP contribution in [0, 0.1) is 5.92 Å². The Morgan fingerprint density at radius 1 is 1.46 bits per heavy atom. The molecule has 0 aliphatic rings. The summed E-state index contributed by atoms with van der Waals surface area (Å²) in [5.74, 6) is 0.634. The van der Waals surface area contributed by atoms with Gasteiger partial charge in [-0.3, -0.25) is 5.32 Å². The number of rotatable bonds is 8. The van der Waals surface area contributed by atoms with Crippen molar-refractivity contribution < 1.29 is 4.74 Å². The third kappa shape index (κ3) is 6.99. The van der Waals surface area contributed by atoms with Gasteiger partial charge in [0.05, 0.1) is 6.73 Å². The Hall–Kier alpha value is -0.120. The second kappa shape index (κ2) is 8.48. The summed E-state index contributed by atoms with van der Waals surface area (Å²) in [7, 11) is 1.70. The highest BCUT2D eigenvalue weighted by molar-refractivity contribution is 4.67. The predicted octanol–water partition coefficient (Wildman–Crippen LogP) is 1.33. The Labute approximate surface area is 82.0 Å². The second-order valence-corrected chi connectivity index (χ2v) is 3.62. The summed E-state index contributed by atoms with van der Waals surface area (Å²) in [5, 5.41) is 3.18. The van der Waals surface area contributed by atoms with E-state index >= 15 is 0 Å². The third-order valence-electron chi connectivity index (χ3n) is 2.46. The Morgan fingerprint density at radius 3 is 2.69 bits per heavy atom. The first kappa shape index (κ1) is 12.9. The predicted molar refractivity (Wildman–Crippen MR) is 56.5 cm³/mol. The SMILES string of the molecule is CCC(N)C(C)CCCNCOC.